The van der Waals surface area contributed by atoms with Gasteiger partial charge in [0.1, 0.15) is 12.7 Å². The summed E-state index contributed by atoms with van der Waals surface area (Å²) in [6.45, 7) is 3.57. The molecule has 0 aromatic carbocycles. The molecule has 33 heavy (non-hydrogen) atoms. The van der Waals surface area contributed by atoms with E-state index >= 15 is 0 Å². The highest BCUT2D eigenvalue weighted by atomic mass is 127. The fourth-order valence-corrected chi connectivity index (χ4v) is 4.32. The van der Waals surface area contributed by atoms with Gasteiger partial charge in [-0.05, 0) is 12.8 Å². The zero-order valence-electron chi connectivity index (χ0n) is 18.6. The van der Waals surface area contributed by atoms with E-state index in [1.165, 1.54) is 27.1 Å². The molecule has 4 rings (SSSR count). The molecule has 0 amide bonds. The van der Waals surface area contributed by atoms with Crippen LogP contribution in [0.4, 0.5) is 5.82 Å². The quantitative estimate of drug-likeness (QED) is 0.206. The molecular formula is C20H24IN5O7. The monoisotopic (exact) mass is 573 g/mol. The summed E-state index contributed by atoms with van der Waals surface area (Å²) in [5.41, 5.74) is 1.05. The number of hydrogen-bond donors (Lipinski definition) is 0. The number of ether oxygens (including phenoxy) is 4. The van der Waals surface area contributed by atoms with Gasteiger partial charge < -0.3 is 23.8 Å². The predicted molar refractivity (Wildman–Crippen MR) is 121 cm³/mol. The molecule has 2 aromatic rings. The Kier molecular flexibility index (Phi) is 6.70. The number of aromatic nitrogens is 4. The van der Waals surface area contributed by atoms with Crippen LogP contribution in [-0.4, -0.2) is 75.4 Å². The van der Waals surface area contributed by atoms with Gasteiger partial charge in [0.05, 0.1) is 6.33 Å². The molecule has 1 saturated heterocycles. The number of carbonyl (C=O) groups excluding carboxylic acids is 3. The number of esters is 3. The van der Waals surface area contributed by atoms with E-state index in [1.807, 2.05) is 29.6 Å². The Morgan fingerprint density at radius 2 is 1.79 bits per heavy atom. The van der Waals surface area contributed by atoms with E-state index in [-0.39, 0.29) is 6.61 Å². The minimum Gasteiger partial charge on any atom is -0.463 e. The smallest absolute Gasteiger partial charge is 0.303 e. The highest BCUT2D eigenvalue weighted by molar-refractivity contribution is 14.1. The second-order valence-electron chi connectivity index (χ2n) is 8.00. The summed E-state index contributed by atoms with van der Waals surface area (Å²) >= 11 is 2.04. The van der Waals surface area contributed by atoms with Crippen LogP contribution in [0.25, 0.3) is 11.2 Å². The number of halogens is 1. The van der Waals surface area contributed by atoms with Crippen molar-refractivity contribution in [3.63, 3.8) is 0 Å². The van der Waals surface area contributed by atoms with Crippen molar-refractivity contribution in [1.29, 1.82) is 0 Å². The molecule has 0 spiro atoms. The topological polar surface area (TPSA) is 135 Å². The molecule has 0 N–H and O–H groups in total. The maximum atomic E-state index is 11.9. The molecule has 1 saturated carbocycles. The van der Waals surface area contributed by atoms with Crippen LogP contribution in [0.3, 0.4) is 0 Å². The fourth-order valence-electron chi connectivity index (χ4n) is 3.86. The minimum atomic E-state index is -1.01. The summed E-state index contributed by atoms with van der Waals surface area (Å²) in [4.78, 5) is 50.7. The van der Waals surface area contributed by atoms with Crippen LogP contribution in [0.1, 0.15) is 39.8 Å². The molecule has 2 aromatic heterocycles. The van der Waals surface area contributed by atoms with Gasteiger partial charge in [-0.15, -0.1) is 0 Å². The predicted octanol–water partition coefficient (Wildman–Crippen LogP) is 1.35. The van der Waals surface area contributed by atoms with Crippen LogP contribution in [0.2, 0.25) is 0 Å². The molecule has 1 aliphatic carbocycles. The van der Waals surface area contributed by atoms with Gasteiger partial charge in [-0.25, -0.2) is 15.0 Å². The van der Waals surface area contributed by atoms with Crippen molar-refractivity contribution in [3.8, 4) is 0 Å². The third-order valence-electron chi connectivity index (χ3n) is 5.42. The van der Waals surface area contributed by atoms with E-state index < -0.39 is 42.4 Å². The average molecular weight is 573 g/mol. The summed E-state index contributed by atoms with van der Waals surface area (Å²) in [5.74, 6) is -0.993. The number of hydrogen-bond acceptors (Lipinski definition) is 11. The maximum absolute atomic E-state index is 11.9. The van der Waals surface area contributed by atoms with E-state index in [4.69, 9.17) is 18.9 Å². The summed E-state index contributed by atoms with van der Waals surface area (Å²) in [6, 6.07) is 0.405. The number of nitrogens with zero attached hydrogens (tertiary/aromatic N) is 5. The molecule has 0 radical (unpaired) electrons. The second-order valence-corrected chi connectivity index (χ2v) is 8.96. The number of fused-ring (bicyclic) bond motifs is 1. The number of anilines is 1. The first kappa shape index (κ1) is 23.6. The summed E-state index contributed by atoms with van der Waals surface area (Å²) in [7, 11) is 1.97. The van der Waals surface area contributed by atoms with E-state index in [1.54, 1.807) is 4.57 Å². The molecule has 13 heteroatoms. The lowest BCUT2D eigenvalue weighted by atomic mass is 10.1. The Labute approximate surface area is 203 Å². The van der Waals surface area contributed by atoms with Crippen molar-refractivity contribution in [3.05, 3.63) is 10.2 Å². The lowest BCUT2D eigenvalue weighted by Gasteiger charge is -2.24. The van der Waals surface area contributed by atoms with Crippen LogP contribution >= 0.6 is 22.6 Å². The average Bonchev–Trinajstić information content (AvgIpc) is 3.42. The first-order valence-electron chi connectivity index (χ1n) is 10.4. The molecule has 178 valence electrons. The number of rotatable bonds is 7. The van der Waals surface area contributed by atoms with Gasteiger partial charge in [-0.3, -0.25) is 19.0 Å². The van der Waals surface area contributed by atoms with Crippen LogP contribution in [0, 0.1) is 3.83 Å². The Morgan fingerprint density at radius 3 is 2.39 bits per heavy atom. The fraction of sp³-hybridized carbons (Fsp3) is 0.600. The lowest BCUT2D eigenvalue weighted by Crippen LogP contribution is -2.40. The maximum Gasteiger partial charge on any atom is 0.303 e. The van der Waals surface area contributed by atoms with Crippen LogP contribution in [-0.2, 0) is 33.3 Å². The van der Waals surface area contributed by atoms with Crippen LogP contribution < -0.4 is 4.90 Å². The van der Waals surface area contributed by atoms with Crippen molar-refractivity contribution in [2.45, 2.75) is 64.2 Å². The molecule has 0 unspecified atom stereocenters. The third kappa shape index (κ3) is 5.03. The third-order valence-corrected chi connectivity index (χ3v) is 5.90. The van der Waals surface area contributed by atoms with Crippen LogP contribution in [0.5, 0.6) is 0 Å². The van der Waals surface area contributed by atoms with Crippen molar-refractivity contribution in [2.75, 3.05) is 18.6 Å². The first-order chi connectivity index (χ1) is 15.7. The largest absolute Gasteiger partial charge is 0.463 e. The highest BCUT2D eigenvalue weighted by Gasteiger charge is 2.51. The van der Waals surface area contributed by atoms with Gasteiger partial charge in [0.2, 0.25) is 0 Å². The van der Waals surface area contributed by atoms with Gasteiger partial charge in [0.25, 0.3) is 0 Å². The van der Waals surface area contributed by atoms with E-state index in [9.17, 15) is 14.4 Å². The molecule has 4 atom stereocenters. The Morgan fingerprint density at radius 1 is 1.12 bits per heavy atom. The Bertz CT molecular complexity index is 1090. The lowest BCUT2D eigenvalue weighted by molar-refractivity contribution is -0.166. The summed E-state index contributed by atoms with van der Waals surface area (Å²) in [6.07, 6.45) is -0.0973. The second kappa shape index (κ2) is 9.37. The van der Waals surface area contributed by atoms with Crippen LogP contribution in [0.15, 0.2) is 6.33 Å². The highest BCUT2D eigenvalue weighted by Crippen LogP contribution is 2.38. The summed E-state index contributed by atoms with van der Waals surface area (Å²) in [5, 5.41) is 0. The van der Waals surface area contributed by atoms with E-state index in [0.717, 1.165) is 12.8 Å². The van der Waals surface area contributed by atoms with Crippen molar-refractivity contribution < 1.29 is 33.3 Å². The van der Waals surface area contributed by atoms with E-state index in [0.29, 0.717) is 26.9 Å². The first-order valence-corrected chi connectivity index (χ1v) is 11.5. The van der Waals surface area contributed by atoms with Crippen molar-refractivity contribution in [1.82, 2.24) is 19.5 Å². The summed E-state index contributed by atoms with van der Waals surface area (Å²) < 4.78 is 24.3. The van der Waals surface area contributed by atoms with Gasteiger partial charge >= 0.3 is 17.9 Å². The zero-order chi connectivity index (χ0) is 23.9. The van der Waals surface area contributed by atoms with Crippen molar-refractivity contribution >= 4 is 57.5 Å². The minimum absolute atomic E-state index is 0.184. The molecule has 2 fully saturated rings. The molecule has 1 aliphatic heterocycles. The SMILES string of the molecule is CC(=O)OC[C@H]1O[C@@H](n2cnc3c(N(C)C4CC4)nc(I)nc32)[C@H](OC(C)=O)[C@@H]1OC(C)=O. The molecule has 12 nitrogen and oxygen atoms in total. The van der Waals surface area contributed by atoms with Gasteiger partial charge in [0, 0.05) is 56.5 Å². The van der Waals surface area contributed by atoms with Gasteiger partial charge in [-0.2, -0.15) is 0 Å². The Hall–Kier alpha value is -2.55. The molecule has 2 aliphatic rings. The van der Waals surface area contributed by atoms with Crippen molar-refractivity contribution in [2.24, 2.45) is 0 Å². The normalized spacial score (nSPS) is 24.5. The standard InChI is InChI=1S/C20H24IN5O7/c1-9(27)30-7-13-15(31-10(2)28)16(32-11(3)29)19(33-13)26-8-22-14-17(25(4)12-5-6-12)23-20(21)24-18(14)26/h8,12-13,15-16,19H,5-7H2,1-4H3/t13-,15-,16-,19-/m1/s1. The molecule has 0 bridgehead atoms. The number of imidazole rings is 1. The Balaban J connectivity index is 1.75. The zero-order valence-corrected chi connectivity index (χ0v) is 20.7. The number of carbonyl (C=O) groups is 3. The van der Waals surface area contributed by atoms with E-state index in [2.05, 4.69) is 19.9 Å². The van der Waals surface area contributed by atoms with Gasteiger partial charge in [-0.1, -0.05) is 0 Å². The van der Waals surface area contributed by atoms with Gasteiger partial charge in [0.15, 0.2) is 39.2 Å². The molecular weight excluding hydrogens is 549 g/mol. The molecule has 3 heterocycles.